The molecule has 0 fully saturated rings. The summed E-state index contributed by atoms with van der Waals surface area (Å²) in [7, 11) is 0. The highest BCUT2D eigenvalue weighted by Gasteiger charge is 2.29. The largest absolute Gasteiger partial charge is 0.481 e. The third kappa shape index (κ3) is 2.42. The standard InChI is InChI=1S/C13H17NO3/c15-9-3-7-14-8-6-11(13(16)17)10-4-1-2-5-12(10)14/h1-2,4-5,11,15H,3,6-9H2,(H,16,17). The van der Waals surface area contributed by atoms with Crippen LogP contribution in [0.2, 0.25) is 0 Å². The molecule has 1 aromatic carbocycles. The van der Waals surface area contributed by atoms with Gasteiger partial charge in [0.25, 0.3) is 0 Å². The fourth-order valence-electron chi connectivity index (χ4n) is 2.38. The van der Waals surface area contributed by atoms with E-state index in [9.17, 15) is 9.90 Å². The van der Waals surface area contributed by atoms with Crippen molar-refractivity contribution >= 4 is 11.7 Å². The van der Waals surface area contributed by atoms with Crippen molar-refractivity contribution in [2.45, 2.75) is 18.8 Å². The smallest absolute Gasteiger partial charge is 0.311 e. The van der Waals surface area contributed by atoms with E-state index < -0.39 is 11.9 Å². The van der Waals surface area contributed by atoms with Gasteiger partial charge in [-0.2, -0.15) is 0 Å². The molecular formula is C13H17NO3. The quantitative estimate of drug-likeness (QED) is 0.829. The number of fused-ring (bicyclic) bond motifs is 1. The molecule has 0 bridgehead atoms. The lowest BCUT2D eigenvalue weighted by atomic mass is 9.90. The lowest BCUT2D eigenvalue weighted by Crippen LogP contribution is -2.34. The van der Waals surface area contributed by atoms with E-state index in [0.29, 0.717) is 12.8 Å². The molecule has 0 saturated heterocycles. The SMILES string of the molecule is O=C(O)C1CCN(CCCO)c2ccccc21. The molecule has 0 radical (unpaired) electrons. The van der Waals surface area contributed by atoms with Crippen LogP contribution in [0, 0.1) is 0 Å². The fourth-order valence-corrected chi connectivity index (χ4v) is 2.38. The molecule has 17 heavy (non-hydrogen) atoms. The first-order valence-electron chi connectivity index (χ1n) is 5.91. The van der Waals surface area contributed by atoms with Crippen LogP contribution < -0.4 is 4.90 Å². The Bertz CT molecular complexity index is 405. The number of carbonyl (C=O) groups is 1. The highest BCUT2D eigenvalue weighted by molar-refractivity contribution is 5.80. The molecule has 92 valence electrons. The number of aliphatic hydroxyl groups excluding tert-OH is 1. The first kappa shape index (κ1) is 11.9. The maximum absolute atomic E-state index is 11.2. The summed E-state index contributed by atoms with van der Waals surface area (Å²) in [5.41, 5.74) is 1.89. The fraction of sp³-hybridized carbons (Fsp3) is 0.462. The van der Waals surface area contributed by atoms with Crippen LogP contribution in [0.1, 0.15) is 24.3 Å². The first-order valence-corrected chi connectivity index (χ1v) is 5.91. The number of aliphatic hydroxyl groups is 1. The maximum Gasteiger partial charge on any atom is 0.311 e. The van der Waals surface area contributed by atoms with E-state index in [1.807, 2.05) is 24.3 Å². The number of nitrogens with zero attached hydrogens (tertiary/aromatic N) is 1. The molecule has 2 rings (SSSR count). The van der Waals surface area contributed by atoms with Crippen LogP contribution in [-0.4, -0.2) is 35.9 Å². The van der Waals surface area contributed by atoms with Crippen molar-refractivity contribution in [2.24, 2.45) is 0 Å². The van der Waals surface area contributed by atoms with Crippen molar-refractivity contribution < 1.29 is 15.0 Å². The van der Waals surface area contributed by atoms with Crippen LogP contribution in [0.5, 0.6) is 0 Å². The molecule has 0 spiro atoms. The Balaban J connectivity index is 2.27. The number of para-hydroxylation sites is 1. The van der Waals surface area contributed by atoms with E-state index in [-0.39, 0.29) is 6.61 Å². The van der Waals surface area contributed by atoms with Crippen molar-refractivity contribution in [3.63, 3.8) is 0 Å². The second-order valence-corrected chi connectivity index (χ2v) is 4.30. The lowest BCUT2D eigenvalue weighted by molar-refractivity contribution is -0.139. The molecule has 1 heterocycles. The van der Waals surface area contributed by atoms with Crippen molar-refractivity contribution in [3.05, 3.63) is 29.8 Å². The van der Waals surface area contributed by atoms with E-state index >= 15 is 0 Å². The molecule has 1 atom stereocenters. The molecule has 0 saturated carbocycles. The summed E-state index contributed by atoms with van der Waals surface area (Å²) in [6.07, 6.45) is 1.35. The Labute approximate surface area is 100 Å². The van der Waals surface area contributed by atoms with E-state index in [0.717, 1.165) is 24.3 Å². The summed E-state index contributed by atoms with van der Waals surface area (Å²) in [5, 5.41) is 18.1. The molecular weight excluding hydrogens is 218 g/mol. The Morgan fingerprint density at radius 1 is 1.41 bits per heavy atom. The molecule has 0 aliphatic carbocycles. The monoisotopic (exact) mass is 235 g/mol. The van der Waals surface area contributed by atoms with Gasteiger partial charge in [0.15, 0.2) is 0 Å². The summed E-state index contributed by atoms with van der Waals surface area (Å²) in [4.78, 5) is 13.3. The Morgan fingerprint density at radius 2 is 2.18 bits per heavy atom. The second-order valence-electron chi connectivity index (χ2n) is 4.30. The first-order chi connectivity index (χ1) is 8.24. The lowest BCUT2D eigenvalue weighted by Gasteiger charge is -2.34. The molecule has 0 aromatic heterocycles. The van der Waals surface area contributed by atoms with Crippen molar-refractivity contribution in [3.8, 4) is 0 Å². The van der Waals surface area contributed by atoms with Gasteiger partial charge in [-0.1, -0.05) is 18.2 Å². The average Bonchev–Trinajstić information content (AvgIpc) is 2.35. The topological polar surface area (TPSA) is 60.8 Å². The van der Waals surface area contributed by atoms with Gasteiger partial charge in [0.2, 0.25) is 0 Å². The Kier molecular flexibility index (Phi) is 3.64. The number of hydrogen-bond acceptors (Lipinski definition) is 3. The number of rotatable bonds is 4. The van der Waals surface area contributed by atoms with E-state index in [2.05, 4.69) is 4.90 Å². The van der Waals surface area contributed by atoms with Crippen LogP contribution in [0.4, 0.5) is 5.69 Å². The van der Waals surface area contributed by atoms with Gasteiger partial charge in [-0.05, 0) is 24.5 Å². The molecule has 1 aliphatic heterocycles. The number of aliphatic carboxylic acids is 1. The van der Waals surface area contributed by atoms with Crippen molar-refractivity contribution in [2.75, 3.05) is 24.6 Å². The average molecular weight is 235 g/mol. The van der Waals surface area contributed by atoms with E-state index in [4.69, 9.17) is 5.11 Å². The van der Waals surface area contributed by atoms with Crippen LogP contribution in [-0.2, 0) is 4.79 Å². The minimum Gasteiger partial charge on any atom is -0.481 e. The highest BCUT2D eigenvalue weighted by atomic mass is 16.4. The van der Waals surface area contributed by atoms with Gasteiger partial charge in [-0.3, -0.25) is 4.79 Å². The molecule has 1 unspecified atom stereocenters. The van der Waals surface area contributed by atoms with Crippen LogP contribution >= 0.6 is 0 Å². The van der Waals surface area contributed by atoms with Gasteiger partial charge in [-0.25, -0.2) is 0 Å². The summed E-state index contributed by atoms with van der Waals surface area (Å²) in [5.74, 6) is -1.14. The van der Waals surface area contributed by atoms with Crippen LogP contribution in [0.25, 0.3) is 0 Å². The zero-order chi connectivity index (χ0) is 12.3. The second kappa shape index (κ2) is 5.19. The number of hydrogen-bond donors (Lipinski definition) is 2. The molecule has 2 N–H and O–H groups in total. The third-order valence-electron chi connectivity index (χ3n) is 3.22. The minimum absolute atomic E-state index is 0.168. The molecule has 0 amide bonds. The summed E-state index contributed by atoms with van der Waals surface area (Å²) >= 11 is 0. The zero-order valence-electron chi connectivity index (χ0n) is 9.67. The summed E-state index contributed by atoms with van der Waals surface area (Å²) < 4.78 is 0. The predicted molar refractivity (Wildman–Crippen MR) is 65.4 cm³/mol. The van der Waals surface area contributed by atoms with Crippen molar-refractivity contribution in [1.29, 1.82) is 0 Å². The Hall–Kier alpha value is -1.55. The van der Waals surface area contributed by atoms with E-state index in [1.54, 1.807) is 0 Å². The van der Waals surface area contributed by atoms with Gasteiger partial charge in [-0.15, -0.1) is 0 Å². The predicted octanol–water partition coefficient (Wildman–Crippen LogP) is 1.45. The number of carboxylic acids is 1. The van der Waals surface area contributed by atoms with Gasteiger partial charge in [0.05, 0.1) is 5.92 Å². The summed E-state index contributed by atoms with van der Waals surface area (Å²) in [6.45, 7) is 1.69. The van der Waals surface area contributed by atoms with Crippen LogP contribution in [0.3, 0.4) is 0 Å². The van der Waals surface area contributed by atoms with Crippen molar-refractivity contribution in [1.82, 2.24) is 0 Å². The van der Waals surface area contributed by atoms with E-state index in [1.165, 1.54) is 0 Å². The third-order valence-corrected chi connectivity index (χ3v) is 3.22. The van der Waals surface area contributed by atoms with Crippen LogP contribution in [0.15, 0.2) is 24.3 Å². The van der Waals surface area contributed by atoms with Gasteiger partial charge < -0.3 is 15.1 Å². The number of benzene rings is 1. The number of carboxylic acid groups (broad SMARTS) is 1. The number of anilines is 1. The summed E-state index contributed by atoms with van der Waals surface area (Å²) in [6, 6.07) is 7.65. The maximum atomic E-state index is 11.2. The molecule has 4 heteroatoms. The van der Waals surface area contributed by atoms with Gasteiger partial charge in [0.1, 0.15) is 0 Å². The molecule has 1 aromatic rings. The zero-order valence-corrected chi connectivity index (χ0v) is 9.67. The molecule has 1 aliphatic rings. The van der Waals surface area contributed by atoms with Gasteiger partial charge >= 0.3 is 5.97 Å². The molecule has 4 nitrogen and oxygen atoms in total. The normalized spacial score (nSPS) is 18.9. The highest BCUT2D eigenvalue weighted by Crippen LogP contribution is 2.35. The van der Waals surface area contributed by atoms with Gasteiger partial charge in [0, 0.05) is 25.4 Å². The Morgan fingerprint density at radius 3 is 2.88 bits per heavy atom. The minimum atomic E-state index is -0.751.